The smallest absolute Gasteiger partial charge is 0.401 e. The minimum atomic E-state index is -0.620. The van der Waals surface area contributed by atoms with Crippen LogP contribution in [-0.2, 0) is 0 Å². The van der Waals surface area contributed by atoms with Gasteiger partial charge in [-0.15, -0.1) is 17.5 Å². The van der Waals surface area contributed by atoms with Crippen LogP contribution in [0.25, 0.3) is 6.08 Å². The first-order valence-electron chi connectivity index (χ1n) is 4.12. The number of guanidine groups is 1. The van der Waals surface area contributed by atoms with Gasteiger partial charge in [0.05, 0.1) is 6.07 Å². The lowest BCUT2D eigenvalue weighted by atomic mass is 10.4. The van der Waals surface area contributed by atoms with Gasteiger partial charge in [0.25, 0.3) is 0 Å². The number of nitrogens with zero attached hydrogens (tertiary/aromatic N) is 3. The summed E-state index contributed by atoms with van der Waals surface area (Å²) in [7, 11) is 0. The van der Waals surface area contributed by atoms with Gasteiger partial charge in [-0.25, -0.2) is 0 Å². The van der Waals surface area contributed by atoms with Crippen molar-refractivity contribution in [2.75, 3.05) is 0 Å². The lowest BCUT2D eigenvalue weighted by Gasteiger charge is -1.83. The molecule has 0 aliphatic carbocycles. The molecule has 0 bridgehead atoms. The molecule has 0 aliphatic rings. The molecule has 0 spiro atoms. The lowest BCUT2D eigenvalue weighted by molar-refractivity contribution is -0.402. The van der Waals surface area contributed by atoms with E-state index in [1.54, 1.807) is 0 Å². The fraction of sp³-hybridized carbons (Fsp3) is 0. The van der Waals surface area contributed by atoms with Gasteiger partial charge in [0.1, 0.15) is 10.7 Å². The molecule has 0 aliphatic heterocycles. The van der Waals surface area contributed by atoms with Gasteiger partial charge in [0, 0.05) is 6.21 Å². The van der Waals surface area contributed by atoms with Crippen LogP contribution in [0.2, 0.25) is 0 Å². The Kier molecular flexibility index (Phi) is 6.04. The molecule has 1 heterocycles. The number of allylic oxidation sites excluding steroid dienone is 1. The zero-order valence-corrected chi connectivity index (χ0v) is 9.33. The van der Waals surface area contributed by atoms with Crippen molar-refractivity contribution in [3.05, 3.63) is 34.1 Å². The highest BCUT2D eigenvalue weighted by molar-refractivity contribution is 5.85. The van der Waals surface area contributed by atoms with Gasteiger partial charge in [-0.3, -0.25) is 10.1 Å². The second-order valence-electron chi connectivity index (χ2n) is 2.58. The summed E-state index contributed by atoms with van der Waals surface area (Å²) in [6, 6.07) is 2.72. The van der Waals surface area contributed by atoms with Crippen LogP contribution in [0.5, 0.6) is 0 Å². The molecule has 9 heteroatoms. The Bertz CT molecular complexity index is 461. The number of hydrogen-bond donors (Lipinski definition) is 2. The van der Waals surface area contributed by atoms with Crippen molar-refractivity contribution >= 4 is 36.5 Å². The molecule has 17 heavy (non-hydrogen) atoms. The SMILES string of the molecule is Cl.NC(N)=N/N=C/C=C/c1ccc([N+](=O)[O-])o1. The first kappa shape index (κ1) is 14.6. The number of halogens is 1. The molecule has 0 atom stereocenters. The third-order valence-electron chi connectivity index (χ3n) is 1.38. The average molecular weight is 260 g/mol. The van der Waals surface area contributed by atoms with E-state index >= 15 is 0 Å². The van der Waals surface area contributed by atoms with Crippen molar-refractivity contribution in [2.45, 2.75) is 0 Å². The fourth-order valence-corrected chi connectivity index (χ4v) is 0.806. The average Bonchev–Trinajstić information content (AvgIpc) is 2.65. The molecule has 1 aromatic rings. The van der Waals surface area contributed by atoms with Crippen LogP contribution in [0.15, 0.2) is 32.8 Å². The topological polar surface area (TPSA) is 133 Å². The Morgan fingerprint density at radius 2 is 2.18 bits per heavy atom. The molecule has 0 saturated carbocycles. The Morgan fingerprint density at radius 1 is 1.47 bits per heavy atom. The fourth-order valence-electron chi connectivity index (χ4n) is 0.806. The zero-order valence-electron chi connectivity index (χ0n) is 8.52. The quantitative estimate of drug-likeness (QED) is 0.358. The number of nitro groups is 1. The van der Waals surface area contributed by atoms with Crippen molar-refractivity contribution in [1.82, 2.24) is 0 Å². The summed E-state index contributed by atoms with van der Waals surface area (Å²) in [5.74, 6) is -0.137. The van der Waals surface area contributed by atoms with Gasteiger partial charge >= 0.3 is 5.88 Å². The minimum absolute atomic E-state index is 0. The first-order chi connectivity index (χ1) is 7.59. The Morgan fingerprint density at radius 3 is 2.71 bits per heavy atom. The maximum Gasteiger partial charge on any atom is 0.433 e. The van der Waals surface area contributed by atoms with Crippen molar-refractivity contribution < 1.29 is 9.34 Å². The lowest BCUT2D eigenvalue weighted by Crippen LogP contribution is -2.21. The Balaban J connectivity index is 0.00000256. The van der Waals surface area contributed by atoms with Crippen LogP contribution >= 0.6 is 12.4 Å². The summed E-state index contributed by atoms with van der Waals surface area (Å²) in [5, 5.41) is 17.1. The standard InChI is InChI=1S/C8H9N5O3.ClH/c9-8(10)12-11-5-1-2-6-3-4-7(16-6)13(14)15;/h1-5H,(H4,9,10,12);1H/b2-1+,11-5+;. The normalized spacial score (nSPS) is 10.4. The van der Waals surface area contributed by atoms with Crippen molar-refractivity contribution in [2.24, 2.45) is 21.7 Å². The molecule has 0 unspecified atom stereocenters. The van der Waals surface area contributed by atoms with E-state index in [2.05, 4.69) is 10.2 Å². The van der Waals surface area contributed by atoms with E-state index in [4.69, 9.17) is 15.9 Å². The predicted molar refractivity (Wildman–Crippen MR) is 65.9 cm³/mol. The molecule has 0 amide bonds. The molecule has 92 valence electrons. The van der Waals surface area contributed by atoms with Gasteiger partial charge in [-0.2, -0.15) is 5.10 Å². The molecular formula is C8H10ClN5O3. The van der Waals surface area contributed by atoms with Crippen LogP contribution < -0.4 is 11.5 Å². The third kappa shape index (κ3) is 5.33. The van der Waals surface area contributed by atoms with Gasteiger partial charge in [0.2, 0.25) is 5.96 Å². The molecule has 4 N–H and O–H groups in total. The van der Waals surface area contributed by atoms with Crippen molar-refractivity contribution in [3.63, 3.8) is 0 Å². The first-order valence-corrected chi connectivity index (χ1v) is 4.12. The second kappa shape index (κ2) is 7.01. The molecule has 1 aromatic heterocycles. The maximum atomic E-state index is 10.3. The Labute approximate surface area is 102 Å². The maximum absolute atomic E-state index is 10.3. The number of furan rings is 1. The van der Waals surface area contributed by atoms with Crippen LogP contribution in [0.1, 0.15) is 5.76 Å². The molecule has 0 aromatic carbocycles. The predicted octanol–water partition coefficient (Wildman–Crippen LogP) is 0.882. The highest BCUT2D eigenvalue weighted by atomic mass is 35.5. The van der Waals surface area contributed by atoms with E-state index in [0.29, 0.717) is 5.76 Å². The van der Waals surface area contributed by atoms with E-state index in [1.165, 1.54) is 30.5 Å². The molecule has 8 nitrogen and oxygen atoms in total. The minimum Gasteiger partial charge on any atom is -0.401 e. The summed E-state index contributed by atoms with van der Waals surface area (Å²) in [6.45, 7) is 0. The van der Waals surface area contributed by atoms with Crippen LogP contribution in [0.3, 0.4) is 0 Å². The molecule has 0 fully saturated rings. The monoisotopic (exact) mass is 259 g/mol. The van der Waals surface area contributed by atoms with E-state index in [1.807, 2.05) is 0 Å². The summed E-state index contributed by atoms with van der Waals surface area (Å²) >= 11 is 0. The Hall–Kier alpha value is -2.35. The highest BCUT2D eigenvalue weighted by Gasteiger charge is 2.09. The number of nitrogens with two attached hydrogens (primary N) is 2. The second-order valence-corrected chi connectivity index (χ2v) is 2.58. The molecule has 0 radical (unpaired) electrons. The largest absolute Gasteiger partial charge is 0.433 e. The van der Waals surface area contributed by atoms with E-state index in [0.717, 1.165) is 0 Å². The summed E-state index contributed by atoms with van der Waals surface area (Å²) in [5.41, 5.74) is 10.0. The van der Waals surface area contributed by atoms with Crippen molar-refractivity contribution in [3.8, 4) is 0 Å². The van der Waals surface area contributed by atoms with Crippen molar-refractivity contribution in [1.29, 1.82) is 0 Å². The van der Waals surface area contributed by atoms with E-state index in [-0.39, 0.29) is 24.3 Å². The number of hydrogen-bond acceptors (Lipinski definition) is 5. The van der Waals surface area contributed by atoms with Gasteiger partial charge in [0.15, 0.2) is 0 Å². The van der Waals surface area contributed by atoms with Crippen LogP contribution in [-0.4, -0.2) is 17.1 Å². The zero-order chi connectivity index (χ0) is 12.0. The van der Waals surface area contributed by atoms with Gasteiger partial charge in [-0.05, 0) is 18.2 Å². The van der Waals surface area contributed by atoms with E-state index in [9.17, 15) is 10.1 Å². The summed E-state index contributed by atoms with van der Waals surface area (Å²) < 4.78 is 4.84. The van der Waals surface area contributed by atoms with E-state index < -0.39 is 4.92 Å². The van der Waals surface area contributed by atoms with Crippen LogP contribution in [0, 0.1) is 10.1 Å². The molecule has 1 rings (SSSR count). The summed E-state index contributed by atoms with van der Waals surface area (Å²) in [6.07, 6.45) is 4.28. The van der Waals surface area contributed by atoms with Gasteiger partial charge < -0.3 is 15.9 Å². The van der Waals surface area contributed by atoms with Gasteiger partial charge in [-0.1, -0.05) is 0 Å². The highest BCUT2D eigenvalue weighted by Crippen LogP contribution is 2.16. The third-order valence-corrected chi connectivity index (χ3v) is 1.38. The molecule has 0 saturated heterocycles. The summed E-state index contributed by atoms with van der Waals surface area (Å²) in [4.78, 5) is 9.66. The molecular weight excluding hydrogens is 250 g/mol. The number of rotatable bonds is 4. The van der Waals surface area contributed by atoms with Crippen LogP contribution in [0.4, 0.5) is 5.88 Å².